The van der Waals surface area contributed by atoms with E-state index in [-0.39, 0.29) is 17.4 Å². The van der Waals surface area contributed by atoms with Crippen LogP contribution in [0.3, 0.4) is 0 Å². The van der Waals surface area contributed by atoms with Crippen LogP contribution < -0.4 is 5.73 Å². The van der Waals surface area contributed by atoms with Crippen LogP contribution in [0, 0.1) is 18.7 Å². The van der Waals surface area contributed by atoms with Crippen molar-refractivity contribution < 1.29 is 13.6 Å². The lowest BCUT2D eigenvalue weighted by atomic mass is 9.78. The Kier molecular flexibility index (Phi) is 4.92. The summed E-state index contributed by atoms with van der Waals surface area (Å²) in [6.07, 6.45) is 2.40. The van der Waals surface area contributed by atoms with E-state index < -0.39 is 11.8 Å². The molecular weight excluding hydrogens is 376 g/mol. The highest BCUT2D eigenvalue weighted by Crippen LogP contribution is 2.39. The van der Waals surface area contributed by atoms with E-state index in [2.05, 4.69) is 20.1 Å². The minimum atomic E-state index is -0.649. The molecule has 8 heteroatoms. The molecule has 148 valence electrons. The molecule has 29 heavy (non-hydrogen) atoms. The number of hydrogen-bond acceptors (Lipinski definition) is 6. The number of nitrogens with zero attached hydrogens (tertiary/aromatic N) is 4. The smallest absolute Gasteiger partial charge is 0.220 e. The van der Waals surface area contributed by atoms with Crippen LogP contribution in [0.4, 0.5) is 14.7 Å². The summed E-state index contributed by atoms with van der Waals surface area (Å²) in [5.41, 5.74) is 10.3. The topological polar surface area (TPSA) is 86.3 Å². The van der Waals surface area contributed by atoms with Crippen molar-refractivity contribution in [2.75, 3.05) is 12.8 Å². The van der Waals surface area contributed by atoms with E-state index >= 15 is 0 Å². The van der Waals surface area contributed by atoms with Gasteiger partial charge in [0.2, 0.25) is 11.9 Å². The van der Waals surface area contributed by atoms with Crippen molar-refractivity contribution in [2.45, 2.75) is 25.7 Å². The molecule has 0 aliphatic heterocycles. The van der Waals surface area contributed by atoms with E-state index in [0.29, 0.717) is 24.1 Å². The van der Waals surface area contributed by atoms with Gasteiger partial charge in [-0.3, -0.25) is 0 Å². The Labute approximate surface area is 166 Å². The molecule has 6 nitrogen and oxygen atoms in total. The van der Waals surface area contributed by atoms with E-state index in [1.165, 1.54) is 25.4 Å². The summed E-state index contributed by atoms with van der Waals surface area (Å²) in [7, 11) is 1.47. The van der Waals surface area contributed by atoms with Gasteiger partial charge in [-0.05, 0) is 54.7 Å². The summed E-state index contributed by atoms with van der Waals surface area (Å²) < 4.78 is 28.4. The Morgan fingerprint density at radius 1 is 1.14 bits per heavy atom. The number of nitrogens with two attached hydrogens (primary N) is 1. The van der Waals surface area contributed by atoms with Crippen molar-refractivity contribution in [2.24, 2.45) is 5.16 Å². The summed E-state index contributed by atoms with van der Waals surface area (Å²) in [5, 5.41) is 4.16. The average Bonchev–Trinajstić information content (AvgIpc) is 2.67. The number of hydrogen-bond donors (Lipinski definition) is 1. The summed E-state index contributed by atoms with van der Waals surface area (Å²) in [6, 6.07) is 7.59. The van der Waals surface area contributed by atoms with Crippen molar-refractivity contribution in [1.82, 2.24) is 15.0 Å². The average molecular weight is 395 g/mol. The molecule has 0 fully saturated rings. The van der Waals surface area contributed by atoms with Crippen molar-refractivity contribution in [1.29, 1.82) is 0 Å². The normalized spacial score (nSPS) is 17.2. The van der Waals surface area contributed by atoms with Crippen molar-refractivity contribution in [3.63, 3.8) is 0 Å². The monoisotopic (exact) mass is 395 g/mol. The second-order valence-corrected chi connectivity index (χ2v) is 6.89. The number of pyridine rings is 1. The highest BCUT2D eigenvalue weighted by Gasteiger charge is 2.31. The lowest BCUT2D eigenvalue weighted by molar-refractivity contribution is 0.212. The number of anilines is 1. The molecule has 3 aromatic rings. The molecule has 1 aliphatic carbocycles. The van der Waals surface area contributed by atoms with Gasteiger partial charge in [-0.15, -0.1) is 0 Å². The number of benzene rings is 1. The first kappa shape index (κ1) is 18.9. The third kappa shape index (κ3) is 3.53. The first-order valence-electron chi connectivity index (χ1n) is 9.11. The number of nitrogen functional groups attached to an aromatic ring is 1. The van der Waals surface area contributed by atoms with Gasteiger partial charge in [0, 0.05) is 23.7 Å². The Morgan fingerprint density at radius 3 is 2.72 bits per heavy atom. The summed E-state index contributed by atoms with van der Waals surface area (Å²) >= 11 is 0. The molecule has 1 aliphatic rings. The maximum atomic E-state index is 14.4. The molecule has 0 radical (unpaired) electrons. The molecule has 0 amide bonds. The predicted molar refractivity (Wildman–Crippen MR) is 105 cm³/mol. The van der Waals surface area contributed by atoms with Crippen molar-refractivity contribution >= 4 is 11.7 Å². The zero-order valence-electron chi connectivity index (χ0n) is 16.0. The van der Waals surface area contributed by atoms with Crippen LogP contribution in [0.2, 0.25) is 0 Å². The lowest BCUT2D eigenvalue weighted by Gasteiger charge is -2.27. The van der Waals surface area contributed by atoms with E-state index in [1.54, 1.807) is 18.2 Å². The van der Waals surface area contributed by atoms with Crippen molar-refractivity contribution in [3.8, 4) is 11.1 Å². The highest BCUT2D eigenvalue weighted by molar-refractivity contribution is 6.03. The number of aryl methyl sites for hydroxylation is 1. The van der Waals surface area contributed by atoms with Crippen LogP contribution in [-0.2, 0) is 11.3 Å². The van der Waals surface area contributed by atoms with Gasteiger partial charge in [0.05, 0.1) is 17.1 Å². The molecule has 0 saturated heterocycles. The standard InChI is InChI=1S/C21H19F2N5O/c1-11-19-17(27-21(24)26-11)8-12(9-18(19)28-29-2)14-6-5-13(22)10-16(14)15-4-3-7-25-20(15)23/h3-7,10,12H,8-9H2,1-2H3,(H2,24,26,27)/b28-18+/t12-/m0/s1. The van der Waals surface area contributed by atoms with Gasteiger partial charge in [-0.1, -0.05) is 11.2 Å². The second kappa shape index (κ2) is 7.54. The number of halogens is 2. The molecule has 0 bridgehead atoms. The summed E-state index contributed by atoms with van der Waals surface area (Å²) in [4.78, 5) is 17.4. The van der Waals surface area contributed by atoms with Gasteiger partial charge >= 0.3 is 0 Å². The van der Waals surface area contributed by atoms with Crippen molar-refractivity contribution in [3.05, 3.63) is 70.8 Å². The van der Waals surface area contributed by atoms with Gasteiger partial charge in [0.25, 0.3) is 0 Å². The van der Waals surface area contributed by atoms with Crippen LogP contribution >= 0.6 is 0 Å². The fourth-order valence-corrected chi connectivity index (χ4v) is 3.94. The van der Waals surface area contributed by atoms with Gasteiger partial charge < -0.3 is 10.6 Å². The van der Waals surface area contributed by atoms with Gasteiger partial charge in [-0.25, -0.2) is 19.3 Å². The van der Waals surface area contributed by atoms with Gasteiger partial charge in [0.1, 0.15) is 12.9 Å². The second-order valence-electron chi connectivity index (χ2n) is 6.89. The van der Waals surface area contributed by atoms with E-state index in [0.717, 1.165) is 22.5 Å². The zero-order chi connectivity index (χ0) is 20.5. The first-order chi connectivity index (χ1) is 14.0. The fraction of sp³-hybridized carbons (Fsp3) is 0.238. The SMILES string of the molecule is CO/N=C1\C[C@@H](c2ccc(F)cc2-c2cccnc2F)Cc2nc(N)nc(C)c21. The van der Waals surface area contributed by atoms with Crippen LogP contribution in [0.15, 0.2) is 41.7 Å². The van der Waals surface area contributed by atoms with Crippen LogP contribution in [-0.4, -0.2) is 27.8 Å². The first-order valence-corrected chi connectivity index (χ1v) is 9.11. The fourth-order valence-electron chi connectivity index (χ4n) is 3.94. The molecule has 0 unspecified atom stereocenters. The molecule has 4 rings (SSSR count). The lowest BCUT2D eigenvalue weighted by Crippen LogP contribution is -2.24. The van der Waals surface area contributed by atoms with Crippen LogP contribution in [0.1, 0.15) is 34.9 Å². The summed E-state index contributed by atoms with van der Waals surface area (Å²) in [5.74, 6) is -1.04. The Morgan fingerprint density at radius 2 is 1.97 bits per heavy atom. The quantitative estimate of drug-likeness (QED) is 0.539. The highest BCUT2D eigenvalue weighted by atomic mass is 19.1. The van der Waals surface area contributed by atoms with E-state index in [1.807, 2.05) is 6.92 Å². The third-order valence-electron chi connectivity index (χ3n) is 5.06. The Bertz CT molecular complexity index is 1120. The molecule has 2 aromatic heterocycles. The largest absolute Gasteiger partial charge is 0.399 e. The zero-order valence-corrected chi connectivity index (χ0v) is 16.0. The third-order valence-corrected chi connectivity index (χ3v) is 5.06. The van der Waals surface area contributed by atoms with Crippen LogP contribution in [0.5, 0.6) is 0 Å². The van der Waals surface area contributed by atoms with E-state index in [4.69, 9.17) is 10.6 Å². The number of rotatable bonds is 3. The number of fused-ring (bicyclic) bond motifs is 1. The minimum Gasteiger partial charge on any atom is -0.399 e. The maximum Gasteiger partial charge on any atom is 0.220 e. The molecule has 2 N–H and O–H groups in total. The Hall–Kier alpha value is -3.42. The van der Waals surface area contributed by atoms with Crippen LogP contribution in [0.25, 0.3) is 11.1 Å². The Balaban J connectivity index is 1.86. The molecule has 1 atom stereocenters. The molecular formula is C21H19F2N5O. The molecule has 2 heterocycles. The number of aromatic nitrogens is 3. The minimum absolute atomic E-state index is 0.125. The number of oxime groups is 1. The maximum absolute atomic E-state index is 14.4. The van der Waals surface area contributed by atoms with Gasteiger partial charge in [-0.2, -0.15) is 4.39 Å². The molecule has 1 aromatic carbocycles. The van der Waals surface area contributed by atoms with E-state index in [9.17, 15) is 8.78 Å². The molecule has 0 saturated carbocycles. The molecule has 0 spiro atoms. The summed E-state index contributed by atoms with van der Waals surface area (Å²) in [6.45, 7) is 1.84. The predicted octanol–water partition coefficient (Wildman–Crippen LogP) is 3.79. The van der Waals surface area contributed by atoms with Gasteiger partial charge in [0.15, 0.2) is 0 Å².